The quantitative estimate of drug-likeness (QED) is 0.872. The second kappa shape index (κ2) is 5.65. The Balaban J connectivity index is 2.35. The van der Waals surface area contributed by atoms with E-state index in [2.05, 4.69) is 0 Å². The molecule has 1 amide bonds. The Kier molecular flexibility index (Phi) is 3.94. The third kappa shape index (κ3) is 2.74. The van der Waals surface area contributed by atoms with Crippen LogP contribution in [-0.2, 0) is 0 Å². The molecule has 0 aliphatic heterocycles. The van der Waals surface area contributed by atoms with Gasteiger partial charge in [0.2, 0.25) is 0 Å². The minimum atomic E-state index is -0.103. The predicted octanol–water partition coefficient (Wildman–Crippen LogP) is 2.86. The second-order valence-electron chi connectivity index (χ2n) is 4.66. The van der Waals surface area contributed by atoms with E-state index in [0.29, 0.717) is 17.0 Å². The maximum atomic E-state index is 12.5. The van der Waals surface area contributed by atoms with Crippen molar-refractivity contribution in [1.29, 1.82) is 0 Å². The third-order valence-corrected chi connectivity index (χ3v) is 3.16. The number of benzene rings is 2. The molecule has 2 aromatic rings. The van der Waals surface area contributed by atoms with Gasteiger partial charge >= 0.3 is 0 Å². The maximum Gasteiger partial charge on any atom is 0.258 e. The van der Waals surface area contributed by atoms with Crippen LogP contribution in [0.5, 0.6) is 5.75 Å². The number of anilines is 2. The minimum absolute atomic E-state index is 0.103. The van der Waals surface area contributed by atoms with Gasteiger partial charge in [0.05, 0.1) is 12.8 Å². The number of hydrogen-bond acceptors (Lipinski definition) is 3. The Labute approximate surface area is 118 Å². The number of ether oxygens (including phenoxy) is 1. The molecule has 104 valence electrons. The smallest absolute Gasteiger partial charge is 0.258 e. The highest BCUT2D eigenvalue weighted by Gasteiger charge is 2.17. The van der Waals surface area contributed by atoms with E-state index in [4.69, 9.17) is 10.5 Å². The molecule has 0 bridgehead atoms. The van der Waals surface area contributed by atoms with Crippen LogP contribution in [0.3, 0.4) is 0 Å². The molecule has 4 nitrogen and oxygen atoms in total. The lowest BCUT2D eigenvalue weighted by Gasteiger charge is -2.20. The number of aryl methyl sites for hydroxylation is 1. The van der Waals surface area contributed by atoms with E-state index in [-0.39, 0.29) is 5.91 Å². The Morgan fingerprint density at radius 3 is 2.40 bits per heavy atom. The van der Waals surface area contributed by atoms with E-state index >= 15 is 0 Å². The van der Waals surface area contributed by atoms with Gasteiger partial charge in [0, 0.05) is 18.3 Å². The van der Waals surface area contributed by atoms with Crippen LogP contribution in [0.2, 0.25) is 0 Å². The van der Waals surface area contributed by atoms with Crippen LogP contribution >= 0.6 is 0 Å². The number of hydrogen-bond donors (Lipinski definition) is 1. The highest BCUT2D eigenvalue weighted by molar-refractivity contribution is 6.06. The summed E-state index contributed by atoms with van der Waals surface area (Å²) in [5.41, 5.74) is 8.67. The summed E-state index contributed by atoms with van der Waals surface area (Å²) in [5.74, 6) is 0.566. The zero-order chi connectivity index (χ0) is 14.7. The van der Waals surface area contributed by atoms with Crippen LogP contribution in [0.1, 0.15) is 15.9 Å². The Bertz CT molecular complexity index is 621. The molecular weight excluding hydrogens is 252 g/mol. The number of carbonyl (C=O) groups excluding carboxylic acids is 1. The first-order valence-electron chi connectivity index (χ1n) is 6.31. The molecule has 0 radical (unpaired) electrons. The van der Waals surface area contributed by atoms with Crippen molar-refractivity contribution in [3.63, 3.8) is 0 Å². The molecule has 0 spiro atoms. The van der Waals surface area contributed by atoms with Crippen LogP contribution in [0.4, 0.5) is 11.4 Å². The number of nitrogen functional groups attached to an aromatic ring is 1. The standard InChI is InChI=1S/C16H18N2O2/c1-11-4-9-15(20-3)14(10-11)18(2)16(19)12-5-7-13(17)8-6-12/h4-10H,17H2,1-3H3. The van der Waals surface area contributed by atoms with Gasteiger partial charge in [0.15, 0.2) is 0 Å². The Morgan fingerprint density at radius 1 is 1.15 bits per heavy atom. The van der Waals surface area contributed by atoms with Crippen molar-refractivity contribution >= 4 is 17.3 Å². The molecule has 0 atom stereocenters. The van der Waals surface area contributed by atoms with Gasteiger partial charge < -0.3 is 15.4 Å². The van der Waals surface area contributed by atoms with Gasteiger partial charge in [-0.05, 0) is 48.9 Å². The van der Waals surface area contributed by atoms with E-state index in [1.165, 1.54) is 0 Å². The topological polar surface area (TPSA) is 55.6 Å². The molecule has 2 N–H and O–H groups in total. The van der Waals surface area contributed by atoms with E-state index < -0.39 is 0 Å². The van der Waals surface area contributed by atoms with Crippen LogP contribution < -0.4 is 15.4 Å². The van der Waals surface area contributed by atoms with Gasteiger partial charge in [-0.3, -0.25) is 4.79 Å². The van der Waals surface area contributed by atoms with Crippen molar-refractivity contribution in [2.24, 2.45) is 0 Å². The van der Waals surface area contributed by atoms with E-state index in [0.717, 1.165) is 11.3 Å². The normalized spacial score (nSPS) is 10.2. The van der Waals surface area contributed by atoms with Crippen LogP contribution in [0.25, 0.3) is 0 Å². The van der Waals surface area contributed by atoms with Crippen LogP contribution in [0.15, 0.2) is 42.5 Å². The number of nitrogens with zero attached hydrogens (tertiary/aromatic N) is 1. The number of nitrogens with two attached hydrogens (primary N) is 1. The summed E-state index contributed by atoms with van der Waals surface area (Å²) in [6, 6.07) is 12.6. The van der Waals surface area contributed by atoms with Gasteiger partial charge in [0.25, 0.3) is 5.91 Å². The van der Waals surface area contributed by atoms with E-state index in [9.17, 15) is 4.79 Å². The molecule has 4 heteroatoms. The summed E-state index contributed by atoms with van der Waals surface area (Å²) in [6.07, 6.45) is 0. The summed E-state index contributed by atoms with van der Waals surface area (Å²) in [5, 5.41) is 0. The number of rotatable bonds is 3. The average molecular weight is 270 g/mol. The molecule has 0 unspecified atom stereocenters. The van der Waals surface area contributed by atoms with Crippen molar-refractivity contribution in [3.05, 3.63) is 53.6 Å². The summed E-state index contributed by atoms with van der Waals surface area (Å²) in [4.78, 5) is 14.0. The molecule has 0 saturated heterocycles. The van der Waals surface area contributed by atoms with E-state index in [1.807, 2.05) is 25.1 Å². The second-order valence-corrected chi connectivity index (χ2v) is 4.66. The van der Waals surface area contributed by atoms with Crippen LogP contribution in [0, 0.1) is 6.92 Å². The van der Waals surface area contributed by atoms with Crippen molar-refractivity contribution in [3.8, 4) is 5.75 Å². The number of methoxy groups -OCH3 is 1. The molecule has 0 aromatic heterocycles. The monoisotopic (exact) mass is 270 g/mol. The highest BCUT2D eigenvalue weighted by atomic mass is 16.5. The zero-order valence-electron chi connectivity index (χ0n) is 11.9. The molecule has 2 aromatic carbocycles. The molecule has 0 aliphatic carbocycles. The Hall–Kier alpha value is -2.49. The SMILES string of the molecule is COc1ccc(C)cc1N(C)C(=O)c1ccc(N)cc1. The lowest BCUT2D eigenvalue weighted by molar-refractivity contribution is 0.0992. The van der Waals surface area contributed by atoms with E-state index in [1.54, 1.807) is 43.3 Å². The van der Waals surface area contributed by atoms with Crippen molar-refractivity contribution < 1.29 is 9.53 Å². The first kappa shape index (κ1) is 13.9. The fourth-order valence-corrected chi connectivity index (χ4v) is 1.99. The maximum absolute atomic E-state index is 12.5. The molecule has 0 aliphatic rings. The summed E-state index contributed by atoms with van der Waals surface area (Å²) in [6.45, 7) is 1.98. The van der Waals surface area contributed by atoms with Gasteiger partial charge in [-0.25, -0.2) is 0 Å². The Morgan fingerprint density at radius 2 is 1.80 bits per heavy atom. The molecule has 20 heavy (non-hydrogen) atoms. The van der Waals surface area contributed by atoms with Crippen molar-refractivity contribution in [2.45, 2.75) is 6.92 Å². The first-order valence-corrected chi connectivity index (χ1v) is 6.31. The first-order chi connectivity index (χ1) is 9.52. The van der Waals surface area contributed by atoms with Gasteiger partial charge in [0.1, 0.15) is 5.75 Å². The lowest BCUT2D eigenvalue weighted by Crippen LogP contribution is -2.26. The average Bonchev–Trinajstić information content (AvgIpc) is 2.46. The summed E-state index contributed by atoms with van der Waals surface area (Å²) >= 11 is 0. The number of carbonyl (C=O) groups is 1. The highest BCUT2D eigenvalue weighted by Crippen LogP contribution is 2.29. The predicted molar refractivity (Wildman–Crippen MR) is 81.3 cm³/mol. The fourth-order valence-electron chi connectivity index (χ4n) is 1.99. The van der Waals surface area contributed by atoms with Gasteiger partial charge in [-0.15, -0.1) is 0 Å². The third-order valence-electron chi connectivity index (χ3n) is 3.16. The summed E-state index contributed by atoms with van der Waals surface area (Å²) in [7, 11) is 3.33. The van der Waals surface area contributed by atoms with Gasteiger partial charge in [-0.2, -0.15) is 0 Å². The fraction of sp³-hybridized carbons (Fsp3) is 0.188. The zero-order valence-corrected chi connectivity index (χ0v) is 11.9. The van der Waals surface area contributed by atoms with Gasteiger partial charge in [-0.1, -0.05) is 6.07 Å². The molecule has 0 saturated carbocycles. The summed E-state index contributed by atoms with van der Waals surface area (Å²) < 4.78 is 5.31. The minimum Gasteiger partial charge on any atom is -0.495 e. The lowest BCUT2D eigenvalue weighted by atomic mass is 10.1. The molecule has 2 rings (SSSR count). The number of amides is 1. The molecular formula is C16H18N2O2. The molecule has 0 heterocycles. The largest absolute Gasteiger partial charge is 0.495 e. The van der Waals surface area contributed by atoms with Crippen molar-refractivity contribution in [1.82, 2.24) is 0 Å². The van der Waals surface area contributed by atoms with Crippen molar-refractivity contribution in [2.75, 3.05) is 24.8 Å². The van der Waals surface area contributed by atoms with Crippen LogP contribution in [-0.4, -0.2) is 20.1 Å². The molecule has 0 fully saturated rings.